The Labute approximate surface area is 129 Å². The Morgan fingerprint density at radius 3 is 2.57 bits per heavy atom. The van der Waals surface area contributed by atoms with Gasteiger partial charge >= 0.3 is 5.97 Å². The summed E-state index contributed by atoms with van der Waals surface area (Å²) in [6.07, 6.45) is 0. The van der Waals surface area contributed by atoms with E-state index in [9.17, 15) is 4.79 Å². The maximum Gasteiger partial charge on any atom is 0.333 e. The molecule has 0 aliphatic rings. The van der Waals surface area contributed by atoms with Crippen LogP contribution in [0.25, 0.3) is 0 Å². The number of rotatable bonds is 5. The van der Waals surface area contributed by atoms with Crippen molar-refractivity contribution in [2.75, 3.05) is 11.9 Å². The normalized spacial score (nSPS) is 11.8. The first kappa shape index (κ1) is 15.4. The molecule has 1 N–H and O–H groups in total. The van der Waals surface area contributed by atoms with Crippen molar-refractivity contribution in [2.24, 2.45) is 0 Å². The number of para-hydroxylation sites is 1. The van der Waals surface area contributed by atoms with E-state index >= 15 is 0 Å². The van der Waals surface area contributed by atoms with Gasteiger partial charge in [0.2, 0.25) is 0 Å². The second kappa shape index (κ2) is 7.14. The van der Waals surface area contributed by atoms with Crippen LogP contribution in [0, 0.1) is 6.92 Å². The maximum atomic E-state index is 12.3. The van der Waals surface area contributed by atoms with Gasteiger partial charge in [-0.2, -0.15) is 0 Å². The quantitative estimate of drug-likeness (QED) is 0.834. The molecule has 0 aromatic heterocycles. The monoisotopic (exact) mass is 303 g/mol. The Bertz CT molecular complexity index is 613. The fraction of sp³-hybridized carbons (Fsp3) is 0.235. The van der Waals surface area contributed by atoms with E-state index < -0.39 is 6.04 Å². The molecule has 3 nitrogen and oxygen atoms in total. The third kappa shape index (κ3) is 3.99. The van der Waals surface area contributed by atoms with Crippen LogP contribution in [0.15, 0.2) is 48.5 Å². The maximum absolute atomic E-state index is 12.3. The number of carbonyl (C=O) groups excluding carboxylic acids is 1. The molecule has 0 aliphatic carbocycles. The summed E-state index contributed by atoms with van der Waals surface area (Å²) in [5.41, 5.74) is 2.68. The molecule has 110 valence electrons. The van der Waals surface area contributed by atoms with Crippen LogP contribution >= 0.6 is 11.6 Å². The molecule has 0 fully saturated rings. The van der Waals surface area contributed by atoms with Crippen LogP contribution in [0.4, 0.5) is 5.69 Å². The predicted molar refractivity (Wildman–Crippen MR) is 85.6 cm³/mol. The second-order valence-corrected chi connectivity index (χ2v) is 5.13. The van der Waals surface area contributed by atoms with Crippen LogP contribution in [0.1, 0.15) is 24.1 Å². The SMILES string of the molecule is CCOC(=O)C(Nc1ccccc1)c1ccc(Cl)cc1C. The average molecular weight is 304 g/mol. The zero-order chi connectivity index (χ0) is 15.2. The first-order valence-corrected chi connectivity index (χ1v) is 7.24. The van der Waals surface area contributed by atoms with Crippen LogP contribution in [0.5, 0.6) is 0 Å². The number of nitrogens with one attached hydrogen (secondary N) is 1. The number of anilines is 1. The Kier molecular flexibility index (Phi) is 5.23. The number of esters is 1. The third-order valence-corrected chi connectivity index (χ3v) is 3.39. The minimum atomic E-state index is -0.551. The van der Waals surface area contributed by atoms with Gasteiger partial charge in [-0.1, -0.05) is 35.9 Å². The summed E-state index contributed by atoms with van der Waals surface area (Å²) in [5, 5.41) is 3.87. The first-order valence-electron chi connectivity index (χ1n) is 6.86. The van der Waals surface area contributed by atoms with Crippen LogP contribution in [0.3, 0.4) is 0 Å². The highest BCUT2D eigenvalue weighted by molar-refractivity contribution is 6.30. The largest absolute Gasteiger partial charge is 0.464 e. The number of hydrogen-bond acceptors (Lipinski definition) is 3. The molecule has 0 heterocycles. The molecule has 2 aromatic carbocycles. The smallest absolute Gasteiger partial charge is 0.333 e. The van der Waals surface area contributed by atoms with Crippen molar-refractivity contribution in [1.29, 1.82) is 0 Å². The molecule has 0 saturated heterocycles. The molecule has 2 rings (SSSR count). The molecular formula is C17H18ClNO2. The topological polar surface area (TPSA) is 38.3 Å². The second-order valence-electron chi connectivity index (χ2n) is 4.70. The molecule has 1 atom stereocenters. The molecule has 1 unspecified atom stereocenters. The standard InChI is InChI=1S/C17H18ClNO2/c1-3-21-17(20)16(19-14-7-5-4-6-8-14)15-10-9-13(18)11-12(15)2/h4-11,16,19H,3H2,1-2H3. The fourth-order valence-corrected chi connectivity index (χ4v) is 2.38. The van der Waals surface area contributed by atoms with Gasteiger partial charge in [-0.05, 0) is 49.2 Å². The van der Waals surface area contributed by atoms with Crippen molar-refractivity contribution >= 4 is 23.3 Å². The number of ether oxygens (including phenoxy) is 1. The predicted octanol–water partition coefficient (Wildman–Crippen LogP) is 4.36. The summed E-state index contributed by atoms with van der Waals surface area (Å²) in [4.78, 5) is 12.3. The molecule has 0 amide bonds. The minimum Gasteiger partial charge on any atom is -0.464 e. The van der Waals surface area contributed by atoms with Crippen LogP contribution in [-0.2, 0) is 9.53 Å². The zero-order valence-corrected chi connectivity index (χ0v) is 12.9. The van der Waals surface area contributed by atoms with Crippen molar-refractivity contribution in [2.45, 2.75) is 19.9 Å². The average Bonchev–Trinajstić information content (AvgIpc) is 2.47. The highest BCUT2D eigenvalue weighted by Crippen LogP contribution is 2.26. The summed E-state index contributed by atoms with van der Waals surface area (Å²) in [7, 11) is 0. The highest BCUT2D eigenvalue weighted by atomic mass is 35.5. The zero-order valence-electron chi connectivity index (χ0n) is 12.1. The molecule has 0 saturated carbocycles. The fourth-order valence-electron chi connectivity index (χ4n) is 2.15. The Morgan fingerprint density at radius 1 is 1.24 bits per heavy atom. The van der Waals surface area contributed by atoms with Gasteiger partial charge < -0.3 is 10.1 Å². The van der Waals surface area contributed by atoms with E-state index in [1.807, 2.05) is 49.4 Å². The van der Waals surface area contributed by atoms with Gasteiger partial charge in [-0.25, -0.2) is 4.79 Å². The highest BCUT2D eigenvalue weighted by Gasteiger charge is 2.23. The summed E-state index contributed by atoms with van der Waals surface area (Å²) in [6.45, 7) is 4.07. The van der Waals surface area contributed by atoms with Crippen molar-refractivity contribution < 1.29 is 9.53 Å². The van der Waals surface area contributed by atoms with Crippen LogP contribution < -0.4 is 5.32 Å². The molecule has 0 aliphatic heterocycles. The van der Waals surface area contributed by atoms with E-state index in [4.69, 9.17) is 16.3 Å². The van der Waals surface area contributed by atoms with Crippen molar-refractivity contribution in [3.05, 3.63) is 64.7 Å². The molecule has 0 bridgehead atoms. The molecule has 2 aromatic rings. The summed E-state index contributed by atoms with van der Waals surface area (Å²) >= 11 is 5.99. The van der Waals surface area contributed by atoms with Crippen molar-refractivity contribution in [3.63, 3.8) is 0 Å². The Balaban J connectivity index is 2.33. The molecule has 0 spiro atoms. The lowest BCUT2D eigenvalue weighted by atomic mass is 10.0. The van der Waals surface area contributed by atoms with Gasteiger partial charge in [0.15, 0.2) is 6.04 Å². The van der Waals surface area contributed by atoms with Gasteiger partial charge in [0.05, 0.1) is 6.61 Å². The molecule has 21 heavy (non-hydrogen) atoms. The number of hydrogen-bond donors (Lipinski definition) is 1. The molecule has 4 heteroatoms. The summed E-state index contributed by atoms with van der Waals surface area (Å²) < 4.78 is 5.18. The van der Waals surface area contributed by atoms with Crippen molar-refractivity contribution in [1.82, 2.24) is 0 Å². The van der Waals surface area contributed by atoms with E-state index in [2.05, 4.69) is 5.32 Å². The summed E-state index contributed by atoms with van der Waals surface area (Å²) in [5.74, 6) is -0.299. The number of aryl methyl sites for hydroxylation is 1. The molecular weight excluding hydrogens is 286 g/mol. The molecule has 0 radical (unpaired) electrons. The Hall–Kier alpha value is -2.00. The van der Waals surface area contributed by atoms with Crippen LogP contribution in [-0.4, -0.2) is 12.6 Å². The van der Waals surface area contributed by atoms with Gasteiger partial charge in [-0.15, -0.1) is 0 Å². The lowest BCUT2D eigenvalue weighted by Gasteiger charge is -2.20. The number of halogens is 1. The van der Waals surface area contributed by atoms with E-state index in [0.29, 0.717) is 11.6 Å². The van der Waals surface area contributed by atoms with E-state index in [0.717, 1.165) is 16.8 Å². The lowest BCUT2D eigenvalue weighted by molar-refractivity contribution is -0.144. The van der Waals surface area contributed by atoms with E-state index in [1.54, 1.807) is 13.0 Å². The van der Waals surface area contributed by atoms with Crippen molar-refractivity contribution in [3.8, 4) is 0 Å². The van der Waals surface area contributed by atoms with Gasteiger partial charge in [0.25, 0.3) is 0 Å². The summed E-state index contributed by atoms with van der Waals surface area (Å²) in [6, 6.07) is 14.5. The van der Waals surface area contributed by atoms with Gasteiger partial charge in [0.1, 0.15) is 0 Å². The number of benzene rings is 2. The van der Waals surface area contributed by atoms with E-state index in [-0.39, 0.29) is 5.97 Å². The van der Waals surface area contributed by atoms with E-state index in [1.165, 1.54) is 0 Å². The Morgan fingerprint density at radius 2 is 1.95 bits per heavy atom. The third-order valence-electron chi connectivity index (χ3n) is 3.15. The number of carbonyl (C=O) groups is 1. The van der Waals surface area contributed by atoms with Gasteiger partial charge in [-0.3, -0.25) is 0 Å². The van der Waals surface area contributed by atoms with Gasteiger partial charge in [0, 0.05) is 10.7 Å². The first-order chi connectivity index (χ1) is 10.1. The van der Waals surface area contributed by atoms with Crippen LogP contribution in [0.2, 0.25) is 5.02 Å². The minimum absolute atomic E-state index is 0.299. The lowest BCUT2D eigenvalue weighted by Crippen LogP contribution is -2.24.